The lowest BCUT2D eigenvalue weighted by atomic mass is 10.0. The Morgan fingerprint density at radius 2 is 1.80 bits per heavy atom. The summed E-state index contributed by atoms with van der Waals surface area (Å²) in [6.07, 6.45) is 1.65. The van der Waals surface area contributed by atoms with E-state index in [9.17, 15) is 9.18 Å². The average molecular weight is 209 g/mol. The van der Waals surface area contributed by atoms with Gasteiger partial charge in [-0.15, -0.1) is 0 Å². The molecular weight excluding hydrogens is 193 g/mol. The Labute approximate surface area is 89.5 Å². The predicted molar refractivity (Wildman–Crippen MR) is 59.1 cm³/mol. The fourth-order valence-corrected chi connectivity index (χ4v) is 1.44. The first-order valence-corrected chi connectivity index (χ1v) is 5.23. The number of carbonyl (C=O) groups excluding carboxylic acids is 1. The molecule has 0 atom stereocenters. The van der Waals surface area contributed by atoms with Crippen LogP contribution in [0.4, 0.5) is 10.1 Å². The second kappa shape index (κ2) is 5.49. The molecule has 0 aliphatic rings. The molecule has 1 aromatic rings. The first-order chi connectivity index (χ1) is 7.17. The number of benzene rings is 1. The molecule has 1 N–H and O–H groups in total. The number of hydrogen-bond donors (Lipinski definition) is 1. The number of amides is 1. The first-order valence-electron chi connectivity index (χ1n) is 5.23. The van der Waals surface area contributed by atoms with E-state index in [1.165, 1.54) is 12.1 Å². The summed E-state index contributed by atoms with van der Waals surface area (Å²) in [6.45, 7) is 3.97. The summed E-state index contributed by atoms with van der Waals surface area (Å²) in [7, 11) is 0. The topological polar surface area (TPSA) is 29.1 Å². The van der Waals surface area contributed by atoms with Crippen molar-refractivity contribution in [2.75, 3.05) is 5.32 Å². The molecule has 1 rings (SSSR count). The highest BCUT2D eigenvalue weighted by atomic mass is 19.1. The summed E-state index contributed by atoms with van der Waals surface area (Å²) in [5.41, 5.74) is 0.647. The van der Waals surface area contributed by atoms with Gasteiger partial charge in [0.25, 0.3) is 0 Å². The molecule has 2 nitrogen and oxygen atoms in total. The Morgan fingerprint density at radius 1 is 1.27 bits per heavy atom. The monoisotopic (exact) mass is 209 g/mol. The summed E-state index contributed by atoms with van der Waals surface area (Å²) < 4.78 is 12.6. The third-order valence-corrected chi connectivity index (χ3v) is 2.47. The van der Waals surface area contributed by atoms with Gasteiger partial charge in [0, 0.05) is 11.6 Å². The summed E-state index contributed by atoms with van der Waals surface area (Å²) in [5, 5.41) is 2.77. The van der Waals surface area contributed by atoms with Gasteiger partial charge in [-0.2, -0.15) is 0 Å². The van der Waals surface area contributed by atoms with Gasteiger partial charge < -0.3 is 5.32 Å². The van der Waals surface area contributed by atoms with E-state index >= 15 is 0 Å². The van der Waals surface area contributed by atoms with Gasteiger partial charge in [0.05, 0.1) is 0 Å². The van der Waals surface area contributed by atoms with Crippen molar-refractivity contribution in [1.29, 1.82) is 0 Å². The molecule has 1 amide bonds. The maximum atomic E-state index is 12.6. The second-order valence-electron chi connectivity index (χ2n) is 3.51. The number of nitrogens with one attached hydrogen (secondary N) is 1. The molecule has 0 spiro atoms. The lowest BCUT2D eigenvalue weighted by molar-refractivity contribution is -0.120. The van der Waals surface area contributed by atoms with Crippen LogP contribution in [0, 0.1) is 11.7 Å². The van der Waals surface area contributed by atoms with Crippen LogP contribution < -0.4 is 5.32 Å². The summed E-state index contributed by atoms with van der Waals surface area (Å²) in [6, 6.07) is 5.80. The average Bonchev–Trinajstić information content (AvgIpc) is 2.23. The third-order valence-electron chi connectivity index (χ3n) is 2.47. The Hall–Kier alpha value is -1.38. The summed E-state index contributed by atoms with van der Waals surface area (Å²) in [4.78, 5) is 11.7. The molecule has 1 aromatic carbocycles. The van der Waals surface area contributed by atoms with Gasteiger partial charge in [-0.3, -0.25) is 4.79 Å². The van der Waals surface area contributed by atoms with Crippen LogP contribution >= 0.6 is 0 Å². The molecule has 15 heavy (non-hydrogen) atoms. The van der Waals surface area contributed by atoms with Gasteiger partial charge in [0.15, 0.2) is 0 Å². The summed E-state index contributed by atoms with van der Waals surface area (Å²) >= 11 is 0. The zero-order valence-electron chi connectivity index (χ0n) is 9.09. The van der Waals surface area contributed by atoms with E-state index in [-0.39, 0.29) is 17.6 Å². The number of anilines is 1. The highest BCUT2D eigenvalue weighted by molar-refractivity contribution is 5.92. The molecule has 0 saturated heterocycles. The molecule has 0 bridgehead atoms. The maximum Gasteiger partial charge on any atom is 0.227 e. The quantitative estimate of drug-likeness (QED) is 0.810. The van der Waals surface area contributed by atoms with Crippen molar-refractivity contribution >= 4 is 11.6 Å². The highest BCUT2D eigenvalue weighted by Gasteiger charge is 2.13. The molecule has 0 aliphatic heterocycles. The van der Waals surface area contributed by atoms with Crippen LogP contribution in [-0.4, -0.2) is 5.91 Å². The van der Waals surface area contributed by atoms with Crippen molar-refractivity contribution < 1.29 is 9.18 Å². The largest absolute Gasteiger partial charge is 0.326 e. The van der Waals surface area contributed by atoms with Crippen LogP contribution in [-0.2, 0) is 4.79 Å². The lowest BCUT2D eigenvalue weighted by Gasteiger charge is -2.12. The second-order valence-corrected chi connectivity index (χ2v) is 3.51. The summed E-state index contributed by atoms with van der Waals surface area (Å²) in [5.74, 6) is -0.253. The van der Waals surface area contributed by atoms with Crippen molar-refractivity contribution in [3.8, 4) is 0 Å². The lowest BCUT2D eigenvalue weighted by Crippen LogP contribution is -2.21. The number of carbonyl (C=O) groups is 1. The molecule has 0 aromatic heterocycles. The normalized spacial score (nSPS) is 10.4. The number of rotatable bonds is 4. The van der Waals surface area contributed by atoms with Crippen molar-refractivity contribution in [2.45, 2.75) is 26.7 Å². The van der Waals surface area contributed by atoms with E-state index in [2.05, 4.69) is 5.32 Å². The first kappa shape index (κ1) is 11.7. The van der Waals surface area contributed by atoms with Gasteiger partial charge in [-0.1, -0.05) is 13.8 Å². The minimum absolute atomic E-state index is 0.00612. The standard InChI is InChI=1S/C12H16FNO/c1-3-9(4-2)12(15)14-11-7-5-10(13)6-8-11/h5-9H,3-4H2,1-2H3,(H,14,15). The van der Waals surface area contributed by atoms with Crippen molar-refractivity contribution in [1.82, 2.24) is 0 Å². The van der Waals surface area contributed by atoms with Crippen LogP contribution in [0.15, 0.2) is 24.3 Å². The Balaban J connectivity index is 2.61. The third kappa shape index (κ3) is 3.35. The molecule has 0 saturated carbocycles. The maximum absolute atomic E-state index is 12.6. The number of hydrogen-bond acceptors (Lipinski definition) is 1. The van der Waals surface area contributed by atoms with Gasteiger partial charge in [0.2, 0.25) is 5.91 Å². The van der Waals surface area contributed by atoms with Crippen LogP contribution in [0.25, 0.3) is 0 Å². The zero-order chi connectivity index (χ0) is 11.3. The number of halogens is 1. The Kier molecular flexibility index (Phi) is 4.28. The van der Waals surface area contributed by atoms with Gasteiger partial charge in [0.1, 0.15) is 5.82 Å². The Bertz CT molecular complexity index is 317. The minimum atomic E-state index is -0.296. The van der Waals surface area contributed by atoms with Gasteiger partial charge in [-0.25, -0.2) is 4.39 Å². The Morgan fingerprint density at radius 3 is 2.27 bits per heavy atom. The van der Waals surface area contributed by atoms with Crippen LogP contribution in [0.3, 0.4) is 0 Å². The fraction of sp³-hybridized carbons (Fsp3) is 0.417. The van der Waals surface area contributed by atoms with Crippen molar-refractivity contribution in [3.63, 3.8) is 0 Å². The molecule has 3 heteroatoms. The van der Waals surface area contributed by atoms with Crippen LogP contribution in [0.5, 0.6) is 0 Å². The van der Waals surface area contributed by atoms with E-state index in [0.717, 1.165) is 12.8 Å². The van der Waals surface area contributed by atoms with E-state index in [0.29, 0.717) is 5.69 Å². The van der Waals surface area contributed by atoms with E-state index in [1.54, 1.807) is 12.1 Å². The minimum Gasteiger partial charge on any atom is -0.326 e. The smallest absolute Gasteiger partial charge is 0.227 e. The van der Waals surface area contributed by atoms with Crippen molar-refractivity contribution in [2.24, 2.45) is 5.92 Å². The van der Waals surface area contributed by atoms with E-state index in [4.69, 9.17) is 0 Å². The molecule has 82 valence electrons. The van der Waals surface area contributed by atoms with Gasteiger partial charge in [-0.05, 0) is 37.1 Å². The predicted octanol–water partition coefficient (Wildman–Crippen LogP) is 3.20. The molecule has 0 heterocycles. The molecule has 0 unspecified atom stereocenters. The molecule has 0 aliphatic carbocycles. The zero-order valence-corrected chi connectivity index (χ0v) is 9.09. The molecule has 0 radical (unpaired) electrons. The highest BCUT2D eigenvalue weighted by Crippen LogP contribution is 2.13. The molecule has 0 fully saturated rings. The van der Waals surface area contributed by atoms with Crippen LogP contribution in [0.1, 0.15) is 26.7 Å². The SMILES string of the molecule is CCC(CC)C(=O)Nc1ccc(F)cc1. The van der Waals surface area contributed by atoms with Crippen molar-refractivity contribution in [3.05, 3.63) is 30.1 Å². The van der Waals surface area contributed by atoms with Gasteiger partial charge >= 0.3 is 0 Å². The van der Waals surface area contributed by atoms with Crippen LogP contribution in [0.2, 0.25) is 0 Å². The fourth-order valence-electron chi connectivity index (χ4n) is 1.44. The molecular formula is C12H16FNO. The van der Waals surface area contributed by atoms with E-state index in [1.807, 2.05) is 13.8 Å². The van der Waals surface area contributed by atoms with E-state index < -0.39 is 0 Å².